The lowest BCUT2D eigenvalue weighted by atomic mass is 9.92. The Morgan fingerprint density at radius 2 is 2.00 bits per heavy atom. The minimum absolute atomic E-state index is 0. The third kappa shape index (κ3) is 4.45. The van der Waals surface area contributed by atoms with Crippen LogP contribution in [0.1, 0.15) is 57.4 Å². The molecule has 1 aromatic rings. The summed E-state index contributed by atoms with van der Waals surface area (Å²) in [6, 6.07) is 10.7. The Morgan fingerprint density at radius 1 is 1.33 bits per heavy atom. The van der Waals surface area contributed by atoms with Crippen molar-refractivity contribution in [3.63, 3.8) is 0 Å². The summed E-state index contributed by atoms with van der Waals surface area (Å²) in [7, 11) is 0. The van der Waals surface area contributed by atoms with Crippen LogP contribution in [0.3, 0.4) is 0 Å². The summed E-state index contributed by atoms with van der Waals surface area (Å²) >= 11 is 0. The van der Waals surface area contributed by atoms with Gasteiger partial charge in [-0.05, 0) is 31.7 Å². The van der Waals surface area contributed by atoms with Gasteiger partial charge in [-0.15, -0.1) is 12.4 Å². The van der Waals surface area contributed by atoms with Gasteiger partial charge in [-0.2, -0.15) is 0 Å². The second kappa shape index (κ2) is 7.81. The van der Waals surface area contributed by atoms with Crippen molar-refractivity contribution in [3.8, 4) is 0 Å². The van der Waals surface area contributed by atoms with Crippen LogP contribution in [0, 0.1) is 0 Å². The van der Waals surface area contributed by atoms with Crippen LogP contribution < -0.4 is 11.1 Å². The number of rotatable bonds is 5. The molecular weight excluding hydrogens is 284 g/mol. The molecule has 0 spiro atoms. The lowest BCUT2D eigenvalue weighted by Crippen LogP contribution is -2.54. The van der Waals surface area contributed by atoms with Crippen LogP contribution in [0.15, 0.2) is 30.3 Å². The molecule has 1 fully saturated rings. The Labute approximate surface area is 134 Å². The van der Waals surface area contributed by atoms with Crippen LogP contribution in [-0.4, -0.2) is 17.5 Å². The van der Waals surface area contributed by atoms with E-state index in [0.717, 1.165) is 25.7 Å². The fourth-order valence-corrected chi connectivity index (χ4v) is 3.20. The summed E-state index contributed by atoms with van der Waals surface area (Å²) in [5, 5.41) is 3.19. The minimum Gasteiger partial charge on any atom is -0.351 e. The highest BCUT2D eigenvalue weighted by atomic mass is 35.5. The molecule has 118 valence electrons. The van der Waals surface area contributed by atoms with E-state index in [4.69, 9.17) is 5.73 Å². The quantitative estimate of drug-likeness (QED) is 0.876. The van der Waals surface area contributed by atoms with Crippen LogP contribution in [0.5, 0.6) is 0 Å². The molecule has 1 saturated carbocycles. The second-order valence-corrected chi connectivity index (χ2v) is 6.20. The molecule has 0 bridgehead atoms. The van der Waals surface area contributed by atoms with Gasteiger partial charge in [0, 0.05) is 12.0 Å². The maximum Gasteiger partial charge on any atom is 0.240 e. The van der Waals surface area contributed by atoms with Crippen LogP contribution in [-0.2, 0) is 4.79 Å². The molecule has 4 heteroatoms. The predicted octanol–water partition coefficient (Wildman–Crippen LogP) is 3.38. The Hall–Kier alpha value is -1.06. The van der Waals surface area contributed by atoms with E-state index in [9.17, 15) is 4.79 Å². The second-order valence-electron chi connectivity index (χ2n) is 6.20. The summed E-state index contributed by atoms with van der Waals surface area (Å²) in [6.07, 6.45) is 5.01. The molecule has 1 aliphatic rings. The Bertz CT molecular complexity index is 447. The van der Waals surface area contributed by atoms with Crippen LogP contribution in [0.25, 0.3) is 0 Å². The fourth-order valence-electron chi connectivity index (χ4n) is 3.20. The van der Waals surface area contributed by atoms with Gasteiger partial charge in [0.15, 0.2) is 0 Å². The first kappa shape index (κ1) is 18.0. The fraction of sp³-hybridized carbons (Fsp3) is 0.588. The van der Waals surface area contributed by atoms with E-state index in [1.54, 1.807) is 0 Å². The molecule has 0 aromatic heterocycles. The Kier molecular flexibility index (Phi) is 6.69. The zero-order valence-electron chi connectivity index (χ0n) is 13.0. The average Bonchev–Trinajstić information content (AvgIpc) is 2.88. The van der Waals surface area contributed by atoms with E-state index in [1.165, 1.54) is 12.0 Å². The summed E-state index contributed by atoms with van der Waals surface area (Å²) in [6.45, 7) is 3.89. The maximum atomic E-state index is 12.4. The monoisotopic (exact) mass is 310 g/mol. The molecule has 0 heterocycles. The van der Waals surface area contributed by atoms with E-state index < -0.39 is 5.54 Å². The molecule has 1 aromatic carbocycles. The molecule has 2 rings (SSSR count). The first-order chi connectivity index (χ1) is 9.54. The summed E-state index contributed by atoms with van der Waals surface area (Å²) < 4.78 is 0. The highest BCUT2D eigenvalue weighted by molar-refractivity contribution is 5.86. The van der Waals surface area contributed by atoms with Crippen molar-refractivity contribution >= 4 is 18.3 Å². The van der Waals surface area contributed by atoms with E-state index in [-0.39, 0.29) is 24.4 Å². The predicted molar refractivity (Wildman–Crippen MR) is 89.7 cm³/mol. The number of benzene rings is 1. The zero-order chi connectivity index (χ0) is 14.6. The number of carbonyl (C=O) groups excluding carboxylic acids is 1. The van der Waals surface area contributed by atoms with E-state index in [1.807, 2.05) is 13.0 Å². The largest absolute Gasteiger partial charge is 0.351 e. The lowest BCUT2D eigenvalue weighted by Gasteiger charge is -2.28. The van der Waals surface area contributed by atoms with E-state index in [0.29, 0.717) is 5.92 Å². The normalized spacial score (nSPS) is 24.0. The molecule has 1 aliphatic carbocycles. The van der Waals surface area contributed by atoms with E-state index in [2.05, 4.69) is 36.5 Å². The lowest BCUT2D eigenvalue weighted by molar-refractivity contribution is -0.126. The molecule has 3 nitrogen and oxygen atoms in total. The molecule has 21 heavy (non-hydrogen) atoms. The number of carbonyl (C=O) groups is 1. The highest BCUT2D eigenvalue weighted by Gasteiger charge is 2.34. The molecule has 3 N–H and O–H groups in total. The van der Waals surface area contributed by atoms with Gasteiger partial charge in [-0.1, -0.05) is 50.1 Å². The van der Waals surface area contributed by atoms with Gasteiger partial charge >= 0.3 is 0 Å². The molecule has 0 aliphatic heterocycles. The van der Waals surface area contributed by atoms with Crippen molar-refractivity contribution in [1.82, 2.24) is 5.32 Å². The Balaban J connectivity index is 0.00000220. The number of hydrogen-bond donors (Lipinski definition) is 2. The molecule has 3 atom stereocenters. The average molecular weight is 311 g/mol. The van der Waals surface area contributed by atoms with Gasteiger partial charge in [0.2, 0.25) is 5.91 Å². The van der Waals surface area contributed by atoms with Crippen LogP contribution >= 0.6 is 12.4 Å². The zero-order valence-corrected chi connectivity index (χ0v) is 13.8. The maximum absolute atomic E-state index is 12.4. The summed E-state index contributed by atoms with van der Waals surface area (Å²) in [5.41, 5.74) is 6.69. The Morgan fingerprint density at radius 3 is 2.62 bits per heavy atom. The van der Waals surface area contributed by atoms with Gasteiger partial charge in [0.25, 0.3) is 0 Å². The number of amides is 1. The molecular formula is C17H27ClN2O. The van der Waals surface area contributed by atoms with Crippen LogP contribution in [0.2, 0.25) is 0 Å². The first-order valence-corrected chi connectivity index (χ1v) is 7.69. The van der Waals surface area contributed by atoms with E-state index >= 15 is 0 Å². The molecule has 0 radical (unpaired) electrons. The standard InChI is InChI=1S/C17H26N2O.ClH/c1-3-12-17(2,18)16(20)19-15-11-7-10-14(15)13-8-5-4-6-9-13;/h4-6,8-9,14-15H,3,7,10-12,18H2,1-2H3,(H,19,20);1H. The third-order valence-corrected chi connectivity index (χ3v) is 4.35. The molecule has 1 amide bonds. The summed E-state index contributed by atoms with van der Waals surface area (Å²) in [4.78, 5) is 12.4. The number of nitrogens with two attached hydrogens (primary N) is 1. The SMILES string of the molecule is CCCC(C)(N)C(=O)NC1CCCC1c1ccccc1.Cl. The number of halogens is 1. The van der Waals surface area contributed by atoms with Crippen LogP contribution in [0.4, 0.5) is 0 Å². The third-order valence-electron chi connectivity index (χ3n) is 4.35. The van der Waals surface area contributed by atoms with Gasteiger partial charge < -0.3 is 11.1 Å². The van der Waals surface area contributed by atoms with Crippen molar-refractivity contribution in [2.45, 2.75) is 63.5 Å². The minimum atomic E-state index is -0.751. The molecule has 3 unspecified atom stereocenters. The van der Waals surface area contributed by atoms with Crippen molar-refractivity contribution < 1.29 is 4.79 Å². The number of nitrogens with one attached hydrogen (secondary N) is 1. The topological polar surface area (TPSA) is 55.1 Å². The van der Waals surface area contributed by atoms with Gasteiger partial charge in [-0.25, -0.2) is 0 Å². The number of hydrogen-bond acceptors (Lipinski definition) is 2. The first-order valence-electron chi connectivity index (χ1n) is 7.69. The molecule has 0 saturated heterocycles. The van der Waals surface area contributed by atoms with Crippen molar-refractivity contribution in [2.75, 3.05) is 0 Å². The summed E-state index contributed by atoms with van der Waals surface area (Å²) in [5.74, 6) is 0.421. The van der Waals surface area contributed by atoms with Gasteiger partial charge in [-0.3, -0.25) is 4.79 Å². The van der Waals surface area contributed by atoms with Gasteiger partial charge in [0.1, 0.15) is 0 Å². The highest BCUT2D eigenvalue weighted by Crippen LogP contribution is 2.34. The van der Waals surface area contributed by atoms with Crippen molar-refractivity contribution in [2.24, 2.45) is 5.73 Å². The van der Waals surface area contributed by atoms with Crippen molar-refractivity contribution in [3.05, 3.63) is 35.9 Å². The van der Waals surface area contributed by atoms with Gasteiger partial charge in [0.05, 0.1) is 5.54 Å². The smallest absolute Gasteiger partial charge is 0.240 e. The van der Waals surface area contributed by atoms with Crippen molar-refractivity contribution in [1.29, 1.82) is 0 Å².